The van der Waals surface area contributed by atoms with Gasteiger partial charge in [-0.05, 0) is 42.2 Å². The number of hydrogen-bond donors (Lipinski definition) is 0. The monoisotopic (exact) mass is 449 g/mol. The van der Waals surface area contributed by atoms with Gasteiger partial charge in [0.1, 0.15) is 5.82 Å². The topological polar surface area (TPSA) is 56.0 Å². The minimum Gasteiger partial charge on any atom is -0.349 e. The Morgan fingerprint density at radius 3 is 2.67 bits per heavy atom. The summed E-state index contributed by atoms with van der Waals surface area (Å²) in [7, 11) is 3.66. The van der Waals surface area contributed by atoms with Crippen LogP contribution in [-0.2, 0) is 20.5 Å². The summed E-state index contributed by atoms with van der Waals surface area (Å²) in [6.07, 6.45) is 6.44. The number of aryl methyl sites for hydroxylation is 3. The van der Waals surface area contributed by atoms with Gasteiger partial charge in [0.25, 0.3) is 6.43 Å². The van der Waals surface area contributed by atoms with Crippen molar-refractivity contribution < 1.29 is 13.6 Å². The van der Waals surface area contributed by atoms with Crippen molar-refractivity contribution in [1.29, 1.82) is 0 Å². The van der Waals surface area contributed by atoms with Gasteiger partial charge in [0.2, 0.25) is 0 Å². The van der Waals surface area contributed by atoms with Gasteiger partial charge < -0.3 is 9.47 Å². The van der Waals surface area contributed by atoms with E-state index in [9.17, 15) is 13.6 Å². The van der Waals surface area contributed by atoms with Crippen molar-refractivity contribution >= 4 is 28.2 Å². The van der Waals surface area contributed by atoms with Crippen molar-refractivity contribution in [2.24, 2.45) is 14.1 Å². The van der Waals surface area contributed by atoms with Gasteiger partial charge in [0.15, 0.2) is 5.78 Å². The third kappa shape index (κ3) is 3.59. The van der Waals surface area contributed by atoms with Crippen LogP contribution < -0.4 is 4.90 Å². The molecule has 0 saturated carbocycles. The lowest BCUT2D eigenvalue weighted by atomic mass is 9.93. The largest absolute Gasteiger partial charge is 0.349 e. The molecule has 0 radical (unpaired) electrons. The molecule has 6 nitrogen and oxygen atoms in total. The normalized spacial score (nSPS) is 13.7. The summed E-state index contributed by atoms with van der Waals surface area (Å²) in [5, 5.41) is 4.99. The highest BCUT2D eigenvalue weighted by molar-refractivity contribution is 6.08. The van der Waals surface area contributed by atoms with Crippen LogP contribution in [0.2, 0.25) is 0 Å². The summed E-state index contributed by atoms with van der Waals surface area (Å²) < 4.78 is 31.7. The Bertz CT molecular complexity index is 1370. The highest BCUT2D eigenvalue weighted by Crippen LogP contribution is 2.41. The van der Waals surface area contributed by atoms with Gasteiger partial charge in [0.05, 0.1) is 17.9 Å². The standard InChI is InChI=1S/C25H25F2N5O/c1-4-23(33)20-14-30(2)22-12-28-24(10-18(20)22)32-7-5-6-15-8-17(16-11-29-31(3)13-16)19(25(26)27)9-21(15)32/h8-14,25H,4-7H2,1-3H3. The van der Waals surface area contributed by atoms with E-state index in [1.807, 2.05) is 41.8 Å². The molecule has 0 amide bonds. The Morgan fingerprint density at radius 1 is 1.15 bits per heavy atom. The molecule has 5 rings (SSSR count). The Hall–Kier alpha value is -3.55. The van der Waals surface area contributed by atoms with E-state index in [0.717, 1.165) is 35.0 Å². The molecule has 0 N–H and O–H groups in total. The van der Waals surface area contributed by atoms with Crippen LogP contribution in [0.4, 0.5) is 20.3 Å². The van der Waals surface area contributed by atoms with Gasteiger partial charge >= 0.3 is 0 Å². The fourth-order valence-corrected chi connectivity index (χ4v) is 4.70. The number of Topliss-reactive ketones (excluding diaryl/α,β-unsaturated/α-hetero) is 1. The van der Waals surface area contributed by atoms with Gasteiger partial charge in [-0.3, -0.25) is 9.48 Å². The fourth-order valence-electron chi connectivity index (χ4n) is 4.70. The lowest BCUT2D eigenvalue weighted by Crippen LogP contribution is -2.25. The molecule has 0 atom stereocenters. The Labute approximate surface area is 190 Å². The molecule has 33 heavy (non-hydrogen) atoms. The number of anilines is 2. The molecular formula is C25H25F2N5O. The first-order valence-corrected chi connectivity index (χ1v) is 11.1. The maximum atomic E-state index is 14.1. The summed E-state index contributed by atoms with van der Waals surface area (Å²) >= 11 is 0. The second-order valence-electron chi connectivity index (χ2n) is 8.52. The molecule has 0 bridgehead atoms. The van der Waals surface area contributed by atoms with Gasteiger partial charge in [-0.25, -0.2) is 13.8 Å². The summed E-state index contributed by atoms with van der Waals surface area (Å²) in [4.78, 5) is 19.1. The summed E-state index contributed by atoms with van der Waals surface area (Å²) in [6, 6.07) is 5.37. The molecule has 0 spiro atoms. The Balaban J connectivity index is 1.64. The zero-order valence-corrected chi connectivity index (χ0v) is 18.8. The zero-order valence-electron chi connectivity index (χ0n) is 18.8. The predicted molar refractivity (Wildman–Crippen MR) is 124 cm³/mol. The van der Waals surface area contributed by atoms with Crippen LogP contribution in [0.25, 0.3) is 22.0 Å². The van der Waals surface area contributed by atoms with Crippen LogP contribution in [0, 0.1) is 0 Å². The Kier molecular flexibility index (Phi) is 5.23. The molecule has 0 fully saturated rings. The number of fused-ring (bicyclic) bond motifs is 2. The van der Waals surface area contributed by atoms with E-state index < -0.39 is 6.43 Å². The second-order valence-corrected chi connectivity index (χ2v) is 8.52. The maximum Gasteiger partial charge on any atom is 0.264 e. The fraction of sp³-hybridized carbons (Fsp3) is 0.320. The molecule has 0 aliphatic carbocycles. The first-order chi connectivity index (χ1) is 15.9. The SMILES string of the molecule is CCC(=O)c1cn(C)c2cnc(N3CCCc4cc(-c5cnn(C)c5)c(C(F)F)cc43)cc12. The average Bonchev–Trinajstić information content (AvgIpc) is 3.40. The van der Waals surface area contributed by atoms with E-state index in [4.69, 9.17) is 0 Å². The van der Waals surface area contributed by atoms with Crippen LogP contribution >= 0.6 is 0 Å². The van der Waals surface area contributed by atoms with Gasteiger partial charge in [-0.2, -0.15) is 5.10 Å². The molecule has 1 aliphatic rings. The highest BCUT2D eigenvalue weighted by Gasteiger charge is 2.26. The number of benzene rings is 1. The van der Waals surface area contributed by atoms with E-state index in [1.165, 1.54) is 0 Å². The molecule has 3 aromatic heterocycles. The van der Waals surface area contributed by atoms with Crippen LogP contribution in [0.5, 0.6) is 0 Å². The number of ketones is 1. The van der Waals surface area contributed by atoms with Crippen LogP contribution in [0.1, 0.15) is 47.7 Å². The zero-order chi connectivity index (χ0) is 23.3. The van der Waals surface area contributed by atoms with E-state index in [0.29, 0.717) is 35.5 Å². The molecule has 170 valence electrons. The number of nitrogens with zero attached hydrogens (tertiary/aromatic N) is 5. The third-order valence-corrected chi connectivity index (χ3v) is 6.38. The average molecular weight is 450 g/mol. The molecule has 1 aromatic carbocycles. The van der Waals surface area contributed by atoms with Gasteiger partial charge in [-0.1, -0.05) is 6.92 Å². The summed E-state index contributed by atoms with van der Waals surface area (Å²) in [6.45, 7) is 2.51. The molecule has 0 saturated heterocycles. The minimum atomic E-state index is -2.62. The number of pyridine rings is 1. The summed E-state index contributed by atoms with van der Waals surface area (Å²) in [5.41, 5.74) is 4.46. The molecule has 1 aliphatic heterocycles. The lowest BCUT2D eigenvalue weighted by molar-refractivity contribution is 0.0989. The first kappa shape index (κ1) is 21.3. The molecule has 0 unspecified atom stereocenters. The second kappa shape index (κ2) is 8.10. The third-order valence-electron chi connectivity index (χ3n) is 6.38. The van der Waals surface area contributed by atoms with Crippen LogP contribution in [0.15, 0.2) is 43.0 Å². The van der Waals surface area contributed by atoms with E-state index >= 15 is 0 Å². The predicted octanol–water partition coefficient (Wildman–Crippen LogP) is 5.59. The number of hydrogen-bond acceptors (Lipinski definition) is 4. The quantitative estimate of drug-likeness (QED) is 0.373. The number of carbonyl (C=O) groups excluding carboxylic acids is 1. The van der Waals surface area contributed by atoms with Gasteiger partial charge in [-0.15, -0.1) is 0 Å². The molecular weight excluding hydrogens is 424 g/mol. The van der Waals surface area contributed by atoms with Crippen LogP contribution in [0.3, 0.4) is 0 Å². The highest BCUT2D eigenvalue weighted by atomic mass is 19.3. The first-order valence-electron chi connectivity index (χ1n) is 11.1. The van der Waals surface area contributed by atoms with Crippen molar-refractivity contribution in [2.75, 3.05) is 11.4 Å². The molecule has 8 heteroatoms. The smallest absolute Gasteiger partial charge is 0.264 e. The van der Waals surface area contributed by atoms with Gasteiger partial charge in [0, 0.05) is 67.2 Å². The number of rotatable bonds is 5. The summed E-state index contributed by atoms with van der Waals surface area (Å²) in [5.74, 6) is 0.729. The van der Waals surface area contributed by atoms with Crippen molar-refractivity contribution in [3.05, 3.63) is 59.7 Å². The molecule has 4 heterocycles. The number of aromatic nitrogens is 4. The maximum absolute atomic E-state index is 14.1. The van der Waals surface area contributed by atoms with Crippen molar-refractivity contribution in [2.45, 2.75) is 32.6 Å². The number of halogens is 2. The lowest BCUT2D eigenvalue weighted by Gasteiger charge is -2.31. The Morgan fingerprint density at radius 2 is 1.97 bits per heavy atom. The van der Waals surface area contributed by atoms with E-state index in [-0.39, 0.29) is 11.3 Å². The van der Waals surface area contributed by atoms with E-state index in [1.54, 1.807) is 36.4 Å². The van der Waals surface area contributed by atoms with Crippen molar-refractivity contribution in [3.63, 3.8) is 0 Å². The minimum absolute atomic E-state index is 0.0173. The van der Waals surface area contributed by atoms with E-state index in [2.05, 4.69) is 10.1 Å². The molecule has 4 aromatic rings. The number of alkyl halides is 2. The number of carbonyl (C=O) groups is 1. The van der Waals surface area contributed by atoms with Crippen molar-refractivity contribution in [1.82, 2.24) is 19.3 Å². The van der Waals surface area contributed by atoms with Crippen molar-refractivity contribution in [3.8, 4) is 11.1 Å². The van der Waals surface area contributed by atoms with Crippen LogP contribution in [-0.4, -0.2) is 31.7 Å².